The van der Waals surface area contributed by atoms with Gasteiger partial charge in [-0.3, -0.25) is 10.1 Å². The molecule has 0 saturated heterocycles. The average molecular weight is 366 g/mol. The largest absolute Gasteiger partial charge is 0.486 e. The van der Waals surface area contributed by atoms with Crippen molar-refractivity contribution >= 4 is 21.6 Å². The number of aliphatic hydroxyl groups is 1. The van der Waals surface area contributed by atoms with Gasteiger partial charge < -0.3 is 14.6 Å². The molecule has 0 amide bonds. The lowest BCUT2D eigenvalue weighted by atomic mass is 9.99. The second kappa shape index (κ2) is 5.94. The number of fused-ring (bicyclic) bond motifs is 1. The molecule has 0 saturated carbocycles. The molecule has 7 heteroatoms. The van der Waals surface area contributed by atoms with Crippen LogP contribution in [-0.4, -0.2) is 23.2 Å². The standard InChI is InChI=1S/C15H12BrNO5/c16-10-3-1-2-9(6-10)15(18)11-7-13-14(22-5-4-21-13)8-12(11)17(19)20/h1-3,6-8,15,18H,4-5H2/t15-/m0/s1. The van der Waals surface area contributed by atoms with E-state index in [2.05, 4.69) is 15.9 Å². The van der Waals surface area contributed by atoms with Gasteiger partial charge in [0.1, 0.15) is 19.3 Å². The molecule has 1 aliphatic heterocycles. The van der Waals surface area contributed by atoms with E-state index in [9.17, 15) is 15.2 Å². The number of aliphatic hydroxyl groups excluding tert-OH is 1. The molecule has 0 unspecified atom stereocenters. The molecule has 2 aromatic carbocycles. The number of nitro benzene ring substituents is 1. The summed E-state index contributed by atoms with van der Waals surface area (Å²) >= 11 is 3.32. The molecule has 6 nitrogen and oxygen atoms in total. The summed E-state index contributed by atoms with van der Waals surface area (Å²) in [5.74, 6) is 0.726. The topological polar surface area (TPSA) is 81.8 Å². The summed E-state index contributed by atoms with van der Waals surface area (Å²) in [6.45, 7) is 0.717. The van der Waals surface area contributed by atoms with Crippen LogP contribution in [-0.2, 0) is 0 Å². The molecule has 3 rings (SSSR count). The summed E-state index contributed by atoms with van der Waals surface area (Å²) < 4.78 is 11.6. The van der Waals surface area contributed by atoms with Gasteiger partial charge in [-0.2, -0.15) is 0 Å². The summed E-state index contributed by atoms with van der Waals surface area (Å²) in [5.41, 5.74) is 0.526. The van der Waals surface area contributed by atoms with Crippen LogP contribution in [0, 0.1) is 10.1 Å². The molecule has 0 radical (unpaired) electrons. The maximum Gasteiger partial charge on any atom is 0.279 e. The first-order valence-corrected chi connectivity index (χ1v) is 7.37. The Balaban J connectivity index is 2.10. The van der Waals surface area contributed by atoms with Crippen LogP contribution >= 0.6 is 15.9 Å². The Morgan fingerprint density at radius 2 is 1.86 bits per heavy atom. The SMILES string of the molecule is O=[N+]([O-])c1cc2c(cc1[C@@H](O)c1cccc(Br)c1)OCCO2. The van der Waals surface area contributed by atoms with Crippen LogP contribution in [0.4, 0.5) is 5.69 Å². The van der Waals surface area contributed by atoms with Crippen molar-refractivity contribution in [2.24, 2.45) is 0 Å². The first-order valence-electron chi connectivity index (χ1n) is 6.57. The van der Waals surface area contributed by atoms with Crippen LogP contribution in [0.15, 0.2) is 40.9 Å². The quantitative estimate of drug-likeness (QED) is 0.666. The lowest BCUT2D eigenvalue weighted by molar-refractivity contribution is -0.386. The molecule has 0 spiro atoms. The number of nitro groups is 1. The monoisotopic (exact) mass is 365 g/mol. The van der Waals surface area contributed by atoms with Gasteiger partial charge in [-0.25, -0.2) is 0 Å². The van der Waals surface area contributed by atoms with E-state index < -0.39 is 11.0 Å². The number of halogens is 1. The predicted octanol–water partition coefficient (Wildman–Crippen LogP) is 3.21. The summed E-state index contributed by atoms with van der Waals surface area (Å²) in [6, 6.07) is 9.76. The Bertz CT molecular complexity index is 734. The first-order chi connectivity index (χ1) is 10.6. The van der Waals surface area contributed by atoms with Gasteiger partial charge in [-0.05, 0) is 23.8 Å². The minimum Gasteiger partial charge on any atom is -0.486 e. The second-order valence-electron chi connectivity index (χ2n) is 4.77. The van der Waals surface area contributed by atoms with E-state index in [0.29, 0.717) is 30.3 Å². The van der Waals surface area contributed by atoms with Gasteiger partial charge in [-0.1, -0.05) is 28.1 Å². The van der Waals surface area contributed by atoms with Gasteiger partial charge in [0, 0.05) is 4.47 Å². The predicted molar refractivity (Wildman–Crippen MR) is 82.3 cm³/mol. The van der Waals surface area contributed by atoms with Crippen molar-refractivity contribution in [2.75, 3.05) is 13.2 Å². The van der Waals surface area contributed by atoms with Gasteiger partial charge in [0.15, 0.2) is 11.5 Å². The van der Waals surface area contributed by atoms with Gasteiger partial charge in [0.05, 0.1) is 16.6 Å². The summed E-state index contributed by atoms with van der Waals surface area (Å²) in [6.07, 6.45) is -1.13. The zero-order chi connectivity index (χ0) is 15.7. The van der Waals surface area contributed by atoms with Crippen molar-refractivity contribution in [1.29, 1.82) is 0 Å². The van der Waals surface area contributed by atoms with Crippen molar-refractivity contribution < 1.29 is 19.5 Å². The van der Waals surface area contributed by atoms with Gasteiger partial charge in [0.2, 0.25) is 0 Å². The van der Waals surface area contributed by atoms with Crippen LogP contribution in [0.3, 0.4) is 0 Å². The van der Waals surface area contributed by atoms with Crippen molar-refractivity contribution in [1.82, 2.24) is 0 Å². The van der Waals surface area contributed by atoms with E-state index in [4.69, 9.17) is 9.47 Å². The molecule has 0 fully saturated rings. The van der Waals surface area contributed by atoms with Gasteiger partial charge in [-0.15, -0.1) is 0 Å². The lowest BCUT2D eigenvalue weighted by Gasteiger charge is -2.20. The molecule has 1 N–H and O–H groups in total. The second-order valence-corrected chi connectivity index (χ2v) is 5.69. The van der Waals surface area contributed by atoms with Gasteiger partial charge in [0.25, 0.3) is 5.69 Å². The van der Waals surface area contributed by atoms with Crippen LogP contribution in [0.2, 0.25) is 0 Å². The fraction of sp³-hybridized carbons (Fsp3) is 0.200. The molecular formula is C15H12BrNO5. The summed E-state index contributed by atoms with van der Waals surface area (Å²) in [5, 5.41) is 21.8. The number of rotatable bonds is 3. The van der Waals surface area contributed by atoms with Crippen molar-refractivity contribution in [3.63, 3.8) is 0 Å². The van der Waals surface area contributed by atoms with Crippen LogP contribution in [0.25, 0.3) is 0 Å². The number of nitrogens with zero attached hydrogens (tertiary/aromatic N) is 1. The van der Waals surface area contributed by atoms with E-state index in [1.807, 2.05) is 6.07 Å². The Labute approximate surface area is 134 Å². The zero-order valence-electron chi connectivity index (χ0n) is 11.4. The highest BCUT2D eigenvalue weighted by Gasteiger charge is 2.27. The highest BCUT2D eigenvalue weighted by Crippen LogP contribution is 2.40. The van der Waals surface area contributed by atoms with E-state index in [1.165, 1.54) is 12.1 Å². The van der Waals surface area contributed by atoms with Crippen LogP contribution < -0.4 is 9.47 Å². The molecule has 0 aromatic heterocycles. The van der Waals surface area contributed by atoms with Crippen molar-refractivity contribution in [2.45, 2.75) is 6.10 Å². The summed E-state index contributed by atoms with van der Waals surface area (Å²) in [7, 11) is 0. The average Bonchev–Trinajstić information content (AvgIpc) is 2.52. The highest BCUT2D eigenvalue weighted by molar-refractivity contribution is 9.10. The van der Waals surface area contributed by atoms with E-state index in [-0.39, 0.29) is 11.3 Å². The normalized spacial score (nSPS) is 14.5. The Kier molecular flexibility index (Phi) is 4.00. The van der Waals surface area contributed by atoms with E-state index in [1.54, 1.807) is 18.2 Å². The van der Waals surface area contributed by atoms with E-state index in [0.717, 1.165) is 4.47 Å². The molecule has 0 bridgehead atoms. The molecule has 1 aliphatic rings. The fourth-order valence-corrected chi connectivity index (χ4v) is 2.74. The molecule has 1 heterocycles. The third-order valence-electron chi connectivity index (χ3n) is 3.35. The fourth-order valence-electron chi connectivity index (χ4n) is 2.33. The number of hydrogen-bond acceptors (Lipinski definition) is 5. The zero-order valence-corrected chi connectivity index (χ0v) is 12.9. The lowest BCUT2D eigenvalue weighted by Crippen LogP contribution is -2.16. The maximum atomic E-state index is 11.3. The van der Waals surface area contributed by atoms with E-state index >= 15 is 0 Å². The minimum atomic E-state index is -1.13. The highest BCUT2D eigenvalue weighted by atomic mass is 79.9. The maximum absolute atomic E-state index is 11.3. The Hall–Kier alpha value is -2.12. The third kappa shape index (κ3) is 2.77. The molecule has 114 valence electrons. The van der Waals surface area contributed by atoms with Crippen molar-refractivity contribution in [3.05, 3.63) is 62.1 Å². The molecule has 1 atom stereocenters. The third-order valence-corrected chi connectivity index (χ3v) is 3.84. The number of ether oxygens (including phenoxy) is 2. The molecular weight excluding hydrogens is 354 g/mol. The molecule has 2 aromatic rings. The van der Waals surface area contributed by atoms with Crippen LogP contribution in [0.5, 0.6) is 11.5 Å². The number of benzene rings is 2. The minimum absolute atomic E-state index is 0.173. The first kappa shape index (κ1) is 14.8. The number of hydrogen-bond donors (Lipinski definition) is 1. The van der Waals surface area contributed by atoms with Crippen molar-refractivity contribution in [3.8, 4) is 11.5 Å². The Morgan fingerprint density at radius 3 is 2.50 bits per heavy atom. The smallest absolute Gasteiger partial charge is 0.279 e. The van der Waals surface area contributed by atoms with Crippen LogP contribution in [0.1, 0.15) is 17.2 Å². The van der Waals surface area contributed by atoms with Gasteiger partial charge >= 0.3 is 0 Å². The summed E-state index contributed by atoms with van der Waals surface area (Å²) in [4.78, 5) is 10.8. The Morgan fingerprint density at radius 1 is 1.18 bits per heavy atom. The molecule has 0 aliphatic carbocycles. The molecule has 22 heavy (non-hydrogen) atoms.